The molecule has 154 valence electrons. The molecule has 8 heteroatoms. The second-order valence-corrected chi connectivity index (χ2v) is 7.03. The Morgan fingerprint density at radius 3 is 2.45 bits per heavy atom. The van der Waals surface area contributed by atoms with E-state index in [0.717, 1.165) is 12.0 Å². The van der Waals surface area contributed by atoms with Crippen molar-refractivity contribution in [2.75, 3.05) is 13.2 Å². The Morgan fingerprint density at radius 2 is 1.76 bits per heavy atom. The molecule has 1 aliphatic heterocycles. The van der Waals surface area contributed by atoms with E-state index in [1.54, 1.807) is 36.9 Å². The van der Waals surface area contributed by atoms with Gasteiger partial charge in [-0.25, -0.2) is 0 Å². The summed E-state index contributed by atoms with van der Waals surface area (Å²) in [7, 11) is 0. The molecule has 3 N–H and O–H groups in total. The van der Waals surface area contributed by atoms with Crippen molar-refractivity contribution >= 4 is 11.8 Å². The normalized spacial score (nSPS) is 21.3. The maximum atomic E-state index is 12.3. The molecule has 0 spiro atoms. The number of hydrogen-bond donors (Lipinski definition) is 3. The minimum atomic E-state index is -0.538. The molecule has 0 unspecified atom stereocenters. The number of rotatable bonds is 8. The van der Waals surface area contributed by atoms with Crippen LogP contribution in [-0.2, 0) is 16.0 Å². The Hall–Kier alpha value is -2.84. The molecule has 8 nitrogen and oxygen atoms in total. The second kappa shape index (κ2) is 10.6. The number of carbonyl (C=O) groups excluding carboxylic acids is 2. The predicted octanol–water partition coefficient (Wildman–Crippen LogP) is 0.864. The number of nitrogens with zero attached hydrogens (tertiary/aromatic N) is 2. The van der Waals surface area contributed by atoms with Crippen LogP contribution in [0.2, 0.25) is 0 Å². The van der Waals surface area contributed by atoms with Gasteiger partial charge in [0.15, 0.2) is 0 Å². The zero-order chi connectivity index (χ0) is 20.5. The quantitative estimate of drug-likeness (QED) is 0.608. The van der Waals surface area contributed by atoms with E-state index in [1.807, 2.05) is 12.1 Å². The summed E-state index contributed by atoms with van der Waals surface area (Å²) >= 11 is 0. The summed E-state index contributed by atoms with van der Waals surface area (Å²) in [5.41, 5.74) is 1.62. The zero-order valence-corrected chi connectivity index (χ0v) is 16.2. The van der Waals surface area contributed by atoms with Crippen LogP contribution < -0.4 is 10.6 Å². The first-order valence-corrected chi connectivity index (χ1v) is 9.78. The number of amides is 2. The smallest absolute Gasteiger partial charge is 0.251 e. The van der Waals surface area contributed by atoms with Crippen molar-refractivity contribution in [2.24, 2.45) is 0 Å². The summed E-state index contributed by atoms with van der Waals surface area (Å²) in [4.78, 5) is 32.4. The van der Waals surface area contributed by atoms with Gasteiger partial charge >= 0.3 is 0 Å². The number of nitrogens with one attached hydrogen (secondary N) is 2. The van der Waals surface area contributed by atoms with Crippen LogP contribution in [-0.4, -0.2) is 58.3 Å². The third kappa shape index (κ3) is 6.33. The summed E-state index contributed by atoms with van der Waals surface area (Å²) < 4.78 is 5.87. The lowest BCUT2D eigenvalue weighted by atomic mass is 9.96. The van der Waals surface area contributed by atoms with Crippen LogP contribution >= 0.6 is 0 Å². The van der Waals surface area contributed by atoms with Gasteiger partial charge in [-0.3, -0.25) is 19.6 Å². The molecule has 3 heterocycles. The molecule has 1 saturated heterocycles. The van der Waals surface area contributed by atoms with Crippen LogP contribution in [0.25, 0.3) is 0 Å². The van der Waals surface area contributed by atoms with Gasteiger partial charge in [-0.15, -0.1) is 0 Å². The molecule has 3 atom stereocenters. The highest BCUT2D eigenvalue weighted by Crippen LogP contribution is 2.22. The number of hydrogen-bond acceptors (Lipinski definition) is 6. The lowest BCUT2D eigenvalue weighted by molar-refractivity contribution is -0.130. The van der Waals surface area contributed by atoms with Gasteiger partial charge in [-0.2, -0.15) is 0 Å². The molecule has 0 aromatic carbocycles. The van der Waals surface area contributed by atoms with Crippen molar-refractivity contribution in [3.8, 4) is 0 Å². The van der Waals surface area contributed by atoms with Gasteiger partial charge in [0.25, 0.3) is 5.91 Å². The fourth-order valence-electron chi connectivity index (χ4n) is 3.38. The van der Waals surface area contributed by atoms with Gasteiger partial charge in [0.05, 0.1) is 25.2 Å². The van der Waals surface area contributed by atoms with Crippen molar-refractivity contribution in [1.29, 1.82) is 0 Å². The van der Waals surface area contributed by atoms with Gasteiger partial charge < -0.3 is 20.5 Å². The van der Waals surface area contributed by atoms with Crippen molar-refractivity contribution < 1.29 is 19.4 Å². The van der Waals surface area contributed by atoms with Crippen molar-refractivity contribution in [1.82, 2.24) is 20.6 Å². The molecule has 2 aromatic rings. The molecule has 1 aliphatic rings. The van der Waals surface area contributed by atoms with Crippen molar-refractivity contribution in [2.45, 2.75) is 43.9 Å². The van der Waals surface area contributed by atoms with Crippen molar-refractivity contribution in [3.05, 3.63) is 60.2 Å². The predicted molar refractivity (Wildman–Crippen MR) is 106 cm³/mol. The maximum absolute atomic E-state index is 12.3. The van der Waals surface area contributed by atoms with E-state index in [4.69, 9.17) is 4.74 Å². The van der Waals surface area contributed by atoms with Gasteiger partial charge in [0.1, 0.15) is 6.10 Å². The van der Waals surface area contributed by atoms with Crippen LogP contribution in [0.4, 0.5) is 0 Å². The molecule has 0 radical (unpaired) electrons. The summed E-state index contributed by atoms with van der Waals surface area (Å²) in [6, 6.07) is 6.80. The molecule has 3 rings (SSSR count). The Balaban J connectivity index is 1.42. The minimum absolute atomic E-state index is 0.0833. The molecule has 29 heavy (non-hydrogen) atoms. The molecule has 0 saturated carbocycles. The first-order valence-electron chi connectivity index (χ1n) is 9.78. The average Bonchev–Trinajstić information content (AvgIpc) is 2.76. The van der Waals surface area contributed by atoms with E-state index in [1.165, 1.54) is 0 Å². The molecule has 1 fully saturated rings. The number of ether oxygens (including phenoxy) is 1. The Bertz CT molecular complexity index is 788. The number of aliphatic hydroxyl groups excluding tert-OH is 1. The highest BCUT2D eigenvalue weighted by atomic mass is 16.5. The minimum Gasteiger partial charge on any atom is -0.394 e. The number of carbonyl (C=O) groups is 2. The fourth-order valence-corrected chi connectivity index (χ4v) is 3.38. The zero-order valence-electron chi connectivity index (χ0n) is 16.2. The number of aliphatic hydroxyl groups is 1. The third-order valence-corrected chi connectivity index (χ3v) is 4.95. The van der Waals surface area contributed by atoms with Crippen LogP contribution in [0.3, 0.4) is 0 Å². The van der Waals surface area contributed by atoms with E-state index in [0.29, 0.717) is 24.9 Å². The van der Waals surface area contributed by atoms with Gasteiger partial charge in [0, 0.05) is 36.9 Å². The topological polar surface area (TPSA) is 113 Å². The monoisotopic (exact) mass is 398 g/mol. The average molecular weight is 398 g/mol. The Morgan fingerprint density at radius 1 is 1.07 bits per heavy atom. The summed E-state index contributed by atoms with van der Waals surface area (Å²) in [6.07, 6.45) is 7.99. The summed E-state index contributed by atoms with van der Waals surface area (Å²) in [5, 5.41) is 15.5. The van der Waals surface area contributed by atoms with E-state index in [-0.39, 0.29) is 37.0 Å². The Labute approximate surface area is 169 Å². The molecule has 2 amide bonds. The van der Waals surface area contributed by atoms with Gasteiger partial charge in [0.2, 0.25) is 5.91 Å². The lowest BCUT2D eigenvalue weighted by Gasteiger charge is -2.36. The first kappa shape index (κ1) is 20.9. The largest absolute Gasteiger partial charge is 0.394 e. The number of aromatic nitrogens is 2. The molecular weight excluding hydrogens is 372 g/mol. The van der Waals surface area contributed by atoms with E-state index in [2.05, 4.69) is 20.6 Å². The van der Waals surface area contributed by atoms with Crippen LogP contribution in [0.1, 0.15) is 35.2 Å². The third-order valence-electron chi connectivity index (χ3n) is 4.95. The summed E-state index contributed by atoms with van der Waals surface area (Å²) in [6.45, 7) is 0.324. The molecular formula is C21H26N4O4. The molecule has 0 aliphatic carbocycles. The standard InChI is InChI=1S/C21H26N4O4/c26-14-19-18(25-21(28)16-6-10-23-11-7-16)2-1-17(29-19)13-20(27)24-12-5-15-3-8-22-9-4-15/h3-4,6-11,17-19,26H,1-2,5,12-14H2,(H,24,27)(H,25,28)/t17-,18-,19+/m1/s1. The first-order chi connectivity index (χ1) is 14.2. The van der Waals surface area contributed by atoms with Crippen LogP contribution in [0, 0.1) is 0 Å². The second-order valence-electron chi connectivity index (χ2n) is 7.03. The van der Waals surface area contributed by atoms with E-state index < -0.39 is 6.10 Å². The molecule has 2 aromatic heterocycles. The lowest BCUT2D eigenvalue weighted by Crippen LogP contribution is -2.51. The van der Waals surface area contributed by atoms with Crippen LogP contribution in [0.5, 0.6) is 0 Å². The maximum Gasteiger partial charge on any atom is 0.251 e. The Kier molecular flexibility index (Phi) is 7.66. The highest BCUT2D eigenvalue weighted by Gasteiger charge is 2.33. The van der Waals surface area contributed by atoms with Crippen LogP contribution in [0.15, 0.2) is 49.1 Å². The van der Waals surface area contributed by atoms with Crippen molar-refractivity contribution in [3.63, 3.8) is 0 Å². The number of pyridine rings is 2. The SMILES string of the molecule is O=C(C[C@H]1CC[C@@H](NC(=O)c2ccncc2)[C@H](CO)O1)NCCc1ccncc1. The van der Waals surface area contributed by atoms with E-state index >= 15 is 0 Å². The van der Waals surface area contributed by atoms with Gasteiger partial charge in [-0.1, -0.05) is 0 Å². The fraction of sp³-hybridized carbons (Fsp3) is 0.429. The van der Waals surface area contributed by atoms with E-state index in [9.17, 15) is 14.7 Å². The highest BCUT2D eigenvalue weighted by molar-refractivity contribution is 5.94. The van der Waals surface area contributed by atoms with Gasteiger partial charge in [-0.05, 0) is 49.1 Å². The molecule has 0 bridgehead atoms. The summed E-state index contributed by atoms with van der Waals surface area (Å²) in [5.74, 6) is -0.313.